The fourth-order valence-corrected chi connectivity index (χ4v) is 2.02. The molecule has 19 heavy (non-hydrogen) atoms. The second-order valence-electron chi connectivity index (χ2n) is 4.02. The average Bonchev–Trinajstić information content (AvgIpc) is 2.33. The van der Waals surface area contributed by atoms with Crippen molar-refractivity contribution in [3.8, 4) is 6.07 Å². The number of hydrogen-bond donors (Lipinski definition) is 1. The first-order valence-corrected chi connectivity index (χ1v) is 6.24. The molecule has 0 fully saturated rings. The smallest absolute Gasteiger partial charge is 0.145 e. The Morgan fingerprint density at radius 3 is 2.58 bits per heavy atom. The van der Waals surface area contributed by atoms with E-state index < -0.39 is 0 Å². The molecule has 0 aliphatic heterocycles. The van der Waals surface area contributed by atoms with Crippen molar-refractivity contribution in [1.82, 2.24) is 9.97 Å². The molecule has 0 saturated carbocycles. The van der Waals surface area contributed by atoms with Crippen LogP contribution >= 0.6 is 23.2 Å². The predicted molar refractivity (Wildman–Crippen MR) is 75.2 cm³/mol. The Kier molecular flexibility index (Phi) is 3.89. The standard InChI is InChI=1S/C13H10Cl2N4/c1-7-9(6-16)13(17)19-12(18-7)5-8-2-3-10(14)11(15)4-8/h2-4H,5H2,1H3,(H2,17,18,19). The van der Waals surface area contributed by atoms with Crippen molar-refractivity contribution >= 4 is 29.0 Å². The van der Waals surface area contributed by atoms with Crippen molar-refractivity contribution in [2.45, 2.75) is 13.3 Å². The lowest BCUT2D eigenvalue weighted by atomic mass is 10.1. The van der Waals surface area contributed by atoms with Gasteiger partial charge in [0, 0.05) is 6.42 Å². The van der Waals surface area contributed by atoms with Gasteiger partial charge in [-0.25, -0.2) is 9.97 Å². The number of aryl methyl sites for hydroxylation is 1. The van der Waals surface area contributed by atoms with Crippen LogP contribution in [-0.4, -0.2) is 9.97 Å². The van der Waals surface area contributed by atoms with Crippen molar-refractivity contribution in [3.05, 3.63) is 50.9 Å². The van der Waals surface area contributed by atoms with Crippen LogP contribution in [0.3, 0.4) is 0 Å². The van der Waals surface area contributed by atoms with Crippen molar-refractivity contribution in [3.63, 3.8) is 0 Å². The Balaban J connectivity index is 2.34. The summed E-state index contributed by atoms with van der Waals surface area (Å²) >= 11 is 11.8. The lowest BCUT2D eigenvalue weighted by Gasteiger charge is -2.06. The van der Waals surface area contributed by atoms with Crippen LogP contribution in [-0.2, 0) is 6.42 Å². The minimum Gasteiger partial charge on any atom is -0.382 e. The van der Waals surface area contributed by atoms with Crippen LogP contribution in [0.25, 0.3) is 0 Å². The fraction of sp³-hybridized carbons (Fsp3) is 0.154. The lowest BCUT2D eigenvalue weighted by Crippen LogP contribution is -2.06. The Labute approximate surface area is 120 Å². The molecule has 0 bridgehead atoms. The molecule has 0 amide bonds. The highest BCUT2D eigenvalue weighted by molar-refractivity contribution is 6.42. The molecule has 4 nitrogen and oxygen atoms in total. The number of nitriles is 1. The van der Waals surface area contributed by atoms with Crippen molar-refractivity contribution in [2.24, 2.45) is 0 Å². The summed E-state index contributed by atoms with van der Waals surface area (Å²) in [4.78, 5) is 8.38. The highest BCUT2D eigenvalue weighted by atomic mass is 35.5. The molecule has 0 aliphatic carbocycles. The van der Waals surface area contributed by atoms with Crippen LogP contribution in [0.15, 0.2) is 18.2 Å². The van der Waals surface area contributed by atoms with Crippen molar-refractivity contribution in [1.29, 1.82) is 5.26 Å². The first kappa shape index (κ1) is 13.6. The maximum atomic E-state index is 8.90. The SMILES string of the molecule is Cc1nc(Cc2ccc(Cl)c(Cl)c2)nc(N)c1C#N. The number of anilines is 1. The van der Waals surface area contributed by atoms with Crippen LogP contribution in [0, 0.1) is 18.3 Å². The van der Waals surface area contributed by atoms with Crippen molar-refractivity contribution in [2.75, 3.05) is 5.73 Å². The second kappa shape index (κ2) is 5.43. The van der Waals surface area contributed by atoms with Gasteiger partial charge < -0.3 is 5.73 Å². The molecular formula is C13H10Cl2N4. The summed E-state index contributed by atoms with van der Waals surface area (Å²) in [6, 6.07) is 7.31. The summed E-state index contributed by atoms with van der Waals surface area (Å²) in [6.45, 7) is 1.73. The second-order valence-corrected chi connectivity index (χ2v) is 4.84. The third-order valence-electron chi connectivity index (χ3n) is 2.62. The maximum Gasteiger partial charge on any atom is 0.145 e. The van der Waals surface area contributed by atoms with E-state index >= 15 is 0 Å². The van der Waals surface area contributed by atoms with Crippen LogP contribution in [0.2, 0.25) is 10.0 Å². The molecule has 2 rings (SSSR count). The van der Waals surface area contributed by atoms with E-state index in [9.17, 15) is 0 Å². The highest BCUT2D eigenvalue weighted by Gasteiger charge is 2.09. The summed E-state index contributed by atoms with van der Waals surface area (Å²) < 4.78 is 0. The molecule has 1 aromatic heterocycles. The first-order valence-electron chi connectivity index (χ1n) is 5.48. The van der Waals surface area contributed by atoms with Crippen LogP contribution < -0.4 is 5.73 Å². The van der Waals surface area contributed by atoms with E-state index in [0.29, 0.717) is 33.5 Å². The van der Waals surface area contributed by atoms with Gasteiger partial charge in [-0.1, -0.05) is 29.3 Å². The van der Waals surface area contributed by atoms with Gasteiger partial charge in [0.05, 0.1) is 15.7 Å². The van der Waals surface area contributed by atoms with E-state index in [-0.39, 0.29) is 5.82 Å². The third kappa shape index (κ3) is 2.95. The zero-order chi connectivity index (χ0) is 14.0. The summed E-state index contributed by atoms with van der Waals surface area (Å²) in [5.41, 5.74) is 7.54. The minimum atomic E-state index is 0.199. The van der Waals surface area contributed by atoms with Gasteiger partial charge in [-0.05, 0) is 24.6 Å². The summed E-state index contributed by atoms with van der Waals surface area (Å²) in [5.74, 6) is 0.748. The van der Waals surface area contributed by atoms with Crippen LogP contribution in [0.1, 0.15) is 22.6 Å². The topological polar surface area (TPSA) is 75.6 Å². The molecule has 6 heteroatoms. The molecule has 96 valence electrons. The molecule has 0 radical (unpaired) electrons. The third-order valence-corrected chi connectivity index (χ3v) is 3.36. The molecule has 1 heterocycles. The van der Waals surface area contributed by atoms with Gasteiger partial charge in [-0.3, -0.25) is 0 Å². The molecule has 0 atom stereocenters. The Morgan fingerprint density at radius 1 is 1.26 bits per heavy atom. The van der Waals surface area contributed by atoms with Gasteiger partial charge in [0.1, 0.15) is 23.3 Å². The molecule has 2 N–H and O–H groups in total. The largest absolute Gasteiger partial charge is 0.382 e. The van der Waals surface area contributed by atoms with Gasteiger partial charge in [0.15, 0.2) is 0 Å². The normalized spacial score (nSPS) is 10.2. The van der Waals surface area contributed by atoms with Crippen molar-refractivity contribution < 1.29 is 0 Å². The lowest BCUT2D eigenvalue weighted by molar-refractivity contribution is 0.943. The van der Waals surface area contributed by atoms with E-state index in [1.54, 1.807) is 19.1 Å². The molecule has 0 aliphatic rings. The molecule has 0 spiro atoms. The molecule has 0 saturated heterocycles. The number of benzene rings is 1. The quantitative estimate of drug-likeness (QED) is 0.922. The Morgan fingerprint density at radius 2 is 2.00 bits per heavy atom. The zero-order valence-electron chi connectivity index (χ0n) is 10.1. The fourth-order valence-electron chi connectivity index (χ4n) is 1.70. The Bertz CT molecular complexity index is 654. The molecular weight excluding hydrogens is 283 g/mol. The monoisotopic (exact) mass is 292 g/mol. The number of aromatic nitrogens is 2. The summed E-state index contributed by atoms with van der Waals surface area (Å²) in [6.07, 6.45) is 0.480. The van der Waals surface area contributed by atoms with Gasteiger partial charge >= 0.3 is 0 Å². The van der Waals surface area contributed by atoms with Gasteiger partial charge in [-0.15, -0.1) is 0 Å². The van der Waals surface area contributed by atoms with E-state index in [1.165, 1.54) is 0 Å². The van der Waals surface area contributed by atoms with E-state index in [0.717, 1.165) is 5.56 Å². The maximum absolute atomic E-state index is 8.90. The summed E-state index contributed by atoms with van der Waals surface area (Å²) in [7, 11) is 0. The van der Waals surface area contributed by atoms with Gasteiger partial charge in [0.2, 0.25) is 0 Å². The van der Waals surface area contributed by atoms with E-state index in [4.69, 9.17) is 34.2 Å². The van der Waals surface area contributed by atoms with Gasteiger partial charge in [-0.2, -0.15) is 5.26 Å². The van der Waals surface area contributed by atoms with Gasteiger partial charge in [0.25, 0.3) is 0 Å². The van der Waals surface area contributed by atoms with Crippen LogP contribution in [0.4, 0.5) is 5.82 Å². The molecule has 0 unspecified atom stereocenters. The summed E-state index contributed by atoms with van der Waals surface area (Å²) in [5, 5.41) is 9.89. The average molecular weight is 293 g/mol. The highest BCUT2D eigenvalue weighted by Crippen LogP contribution is 2.23. The number of hydrogen-bond acceptors (Lipinski definition) is 4. The molecule has 2 aromatic rings. The van der Waals surface area contributed by atoms with Crippen LogP contribution in [0.5, 0.6) is 0 Å². The first-order chi connectivity index (χ1) is 9.01. The molecule has 1 aromatic carbocycles. The zero-order valence-corrected chi connectivity index (χ0v) is 11.6. The number of nitrogens with zero attached hydrogens (tertiary/aromatic N) is 3. The number of halogens is 2. The van der Waals surface area contributed by atoms with E-state index in [2.05, 4.69) is 9.97 Å². The Hall–Kier alpha value is -1.83. The number of rotatable bonds is 2. The number of nitrogen functional groups attached to an aromatic ring is 1. The number of nitrogens with two attached hydrogens (primary N) is 1. The van der Waals surface area contributed by atoms with E-state index in [1.807, 2.05) is 12.1 Å². The minimum absolute atomic E-state index is 0.199. The predicted octanol–water partition coefficient (Wildman–Crippen LogP) is 3.14.